The van der Waals surface area contributed by atoms with Crippen molar-refractivity contribution >= 4 is 22.5 Å². The van der Waals surface area contributed by atoms with E-state index in [2.05, 4.69) is 17.3 Å². The molecule has 3 aromatic rings. The fraction of sp³-hybridized carbons (Fsp3) is 0.316. The van der Waals surface area contributed by atoms with Crippen molar-refractivity contribution in [1.29, 1.82) is 0 Å². The normalized spacial score (nSPS) is 12.5. The average molecular weight is 343 g/mol. The van der Waals surface area contributed by atoms with Crippen LogP contribution in [0.2, 0.25) is 0 Å². The largest absolute Gasteiger partial charge is 0.496 e. The topological polar surface area (TPSA) is 55.5 Å². The number of methoxy groups -OCH3 is 1. The van der Waals surface area contributed by atoms with Crippen molar-refractivity contribution in [2.45, 2.75) is 12.7 Å². The molecule has 1 atom stereocenters. The molecule has 0 amide bonds. The molecule has 4 nitrogen and oxygen atoms in total. The second-order valence-corrected chi connectivity index (χ2v) is 6.88. The zero-order chi connectivity index (χ0) is 16.9. The number of fused-ring (bicyclic) bond motifs is 1. The monoisotopic (exact) mass is 343 g/mol. The summed E-state index contributed by atoms with van der Waals surface area (Å²) in [4.78, 5) is 0. The van der Waals surface area contributed by atoms with Gasteiger partial charge in [-0.2, -0.15) is 11.8 Å². The number of benzene rings is 2. The van der Waals surface area contributed by atoms with Crippen LogP contribution in [0, 0.1) is 5.92 Å². The molecule has 3 rings (SSSR count). The Hall–Kier alpha value is -1.98. The number of aromatic nitrogens is 1. The van der Waals surface area contributed by atoms with E-state index in [9.17, 15) is 0 Å². The van der Waals surface area contributed by atoms with Gasteiger partial charge in [0.15, 0.2) is 0 Å². The van der Waals surface area contributed by atoms with Crippen LogP contribution in [-0.4, -0.2) is 29.7 Å². The first kappa shape index (κ1) is 16.9. The fourth-order valence-corrected chi connectivity index (χ4v) is 3.56. The summed E-state index contributed by atoms with van der Waals surface area (Å²) < 4.78 is 11.0. The van der Waals surface area contributed by atoms with Crippen LogP contribution < -0.4 is 4.74 Å². The zero-order valence-corrected chi connectivity index (χ0v) is 14.7. The van der Waals surface area contributed by atoms with Crippen molar-refractivity contribution in [1.82, 2.24) is 5.16 Å². The van der Waals surface area contributed by atoms with Crippen molar-refractivity contribution in [3.05, 3.63) is 48.2 Å². The molecule has 24 heavy (non-hydrogen) atoms. The van der Waals surface area contributed by atoms with Crippen molar-refractivity contribution in [3.63, 3.8) is 0 Å². The van der Waals surface area contributed by atoms with Gasteiger partial charge < -0.3 is 14.4 Å². The SMILES string of the molecule is COc1ccc2ccccc2c1-c1cc(CSCC(C)CO)on1. The van der Waals surface area contributed by atoms with Gasteiger partial charge in [-0.25, -0.2) is 0 Å². The van der Waals surface area contributed by atoms with E-state index in [1.807, 2.05) is 37.3 Å². The quantitative estimate of drug-likeness (QED) is 0.690. The smallest absolute Gasteiger partial charge is 0.147 e. The summed E-state index contributed by atoms with van der Waals surface area (Å²) >= 11 is 1.74. The molecule has 1 aromatic heterocycles. The van der Waals surface area contributed by atoms with Crippen molar-refractivity contribution in [2.24, 2.45) is 5.92 Å². The highest BCUT2D eigenvalue weighted by Crippen LogP contribution is 2.36. The van der Waals surface area contributed by atoms with Crippen LogP contribution >= 0.6 is 11.8 Å². The first-order chi connectivity index (χ1) is 11.7. The van der Waals surface area contributed by atoms with Crippen LogP contribution in [0.3, 0.4) is 0 Å². The Labute approximate surface area is 145 Å². The molecule has 126 valence electrons. The lowest BCUT2D eigenvalue weighted by Crippen LogP contribution is -2.03. The standard InChI is InChI=1S/C19H21NO3S/c1-13(10-21)11-24-12-15-9-17(20-23-15)19-16-6-4-3-5-14(16)7-8-18(19)22-2/h3-9,13,21H,10-12H2,1-2H3. The lowest BCUT2D eigenvalue weighted by atomic mass is 10.0. The van der Waals surface area contributed by atoms with Gasteiger partial charge in [0.05, 0.1) is 18.4 Å². The lowest BCUT2D eigenvalue weighted by molar-refractivity contribution is 0.250. The average Bonchev–Trinajstić information content (AvgIpc) is 3.08. The number of aliphatic hydroxyl groups is 1. The van der Waals surface area contributed by atoms with Gasteiger partial charge in [-0.15, -0.1) is 0 Å². The fourth-order valence-electron chi connectivity index (χ4n) is 2.60. The van der Waals surface area contributed by atoms with E-state index < -0.39 is 0 Å². The van der Waals surface area contributed by atoms with E-state index in [0.29, 0.717) is 0 Å². The predicted molar refractivity (Wildman–Crippen MR) is 98.4 cm³/mol. The second kappa shape index (κ2) is 7.73. The highest BCUT2D eigenvalue weighted by Gasteiger charge is 2.15. The van der Waals surface area contributed by atoms with Crippen LogP contribution in [0.15, 0.2) is 47.0 Å². The zero-order valence-electron chi connectivity index (χ0n) is 13.9. The number of hydrogen-bond donors (Lipinski definition) is 1. The van der Waals surface area contributed by atoms with Gasteiger partial charge in [0.25, 0.3) is 0 Å². The van der Waals surface area contributed by atoms with Crippen LogP contribution in [0.4, 0.5) is 0 Å². The van der Waals surface area contributed by atoms with Crippen molar-refractivity contribution in [2.75, 3.05) is 19.5 Å². The number of thioether (sulfide) groups is 1. The molecule has 1 heterocycles. The number of nitrogens with zero attached hydrogens (tertiary/aromatic N) is 1. The Morgan fingerprint density at radius 2 is 2.08 bits per heavy atom. The van der Waals surface area contributed by atoms with Gasteiger partial charge in [0.2, 0.25) is 0 Å². The van der Waals surface area contributed by atoms with E-state index in [4.69, 9.17) is 14.4 Å². The van der Waals surface area contributed by atoms with Gasteiger partial charge in [-0.1, -0.05) is 42.4 Å². The molecule has 1 N–H and O–H groups in total. The Bertz CT molecular complexity index is 815. The van der Waals surface area contributed by atoms with Crippen LogP contribution in [0.25, 0.3) is 22.0 Å². The third-order valence-electron chi connectivity index (χ3n) is 3.88. The summed E-state index contributed by atoms with van der Waals surface area (Å²) in [5, 5.41) is 15.6. The number of hydrogen-bond acceptors (Lipinski definition) is 5. The molecule has 0 aliphatic rings. The predicted octanol–water partition coefficient (Wildman–Crippen LogP) is 4.37. The van der Waals surface area contributed by atoms with Gasteiger partial charge >= 0.3 is 0 Å². The van der Waals surface area contributed by atoms with E-state index in [0.717, 1.165) is 45.0 Å². The van der Waals surface area contributed by atoms with Crippen molar-refractivity contribution in [3.8, 4) is 17.0 Å². The molecule has 0 saturated carbocycles. The molecule has 0 bridgehead atoms. The van der Waals surface area contributed by atoms with Gasteiger partial charge in [0.1, 0.15) is 17.2 Å². The molecule has 5 heteroatoms. The molecule has 1 unspecified atom stereocenters. The second-order valence-electron chi connectivity index (χ2n) is 5.85. The van der Waals surface area contributed by atoms with E-state index in [-0.39, 0.29) is 12.5 Å². The number of ether oxygens (including phenoxy) is 1. The maximum absolute atomic E-state index is 9.08. The summed E-state index contributed by atoms with van der Waals surface area (Å²) in [5.74, 6) is 3.54. The summed E-state index contributed by atoms with van der Waals surface area (Å²) in [6, 6.07) is 14.2. The molecule has 0 aliphatic carbocycles. The molecule has 0 spiro atoms. The molecule has 0 saturated heterocycles. The molecule has 2 aromatic carbocycles. The summed E-state index contributed by atoms with van der Waals surface area (Å²) in [6.45, 7) is 2.24. The van der Waals surface area contributed by atoms with Gasteiger partial charge in [-0.3, -0.25) is 0 Å². The molecule has 0 fully saturated rings. The highest BCUT2D eigenvalue weighted by molar-refractivity contribution is 7.98. The van der Waals surface area contributed by atoms with Gasteiger partial charge in [0, 0.05) is 12.7 Å². The third-order valence-corrected chi connectivity index (χ3v) is 5.18. The summed E-state index contributed by atoms with van der Waals surface area (Å²) in [5.41, 5.74) is 1.74. The highest BCUT2D eigenvalue weighted by atomic mass is 32.2. The summed E-state index contributed by atoms with van der Waals surface area (Å²) in [7, 11) is 1.67. The van der Waals surface area contributed by atoms with Crippen LogP contribution in [0.5, 0.6) is 5.75 Å². The Morgan fingerprint density at radius 1 is 1.25 bits per heavy atom. The van der Waals surface area contributed by atoms with Crippen LogP contribution in [0.1, 0.15) is 12.7 Å². The minimum absolute atomic E-state index is 0.210. The first-order valence-electron chi connectivity index (χ1n) is 7.93. The minimum atomic E-state index is 0.210. The Kier molecular flexibility index (Phi) is 5.43. The van der Waals surface area contributed by atoms with E-state index in [1.165, 1.54) is 0 Å². The van der Waals surface area contributed by atoms with Crippen LogP contribution in [-0.2, 0) is 5.75 Å². The Balaban J connectivity index is 1.88. The molecule has 0 aliphatic heterocycles. The van der Waals surface area contributed by atoms with Gasteiger partial charge in [-0.05, 0) is 28.5 Å². The maximum Gasteiger partial charge on any atom is 0.147 e. The number of aliphatic hydroxyl groups excluding tert-OH is 1. The first-order valence-corrected chi connectivity index (χ1v) is 9.08. The lowest BCUT2D eigenvalue weighted by Gasteiger charge is -2.09. The van der Waals surface area contributed by atoms with E-state index in [1.54, 1.807) is 18.9 Å². The molecule has 0 radical (unpaired) electrons. The van der Waals surface area contributed by atoms with Crippen molar-refractivity contribution < 1.29 is 14.4 Å². The number of rotatable bonds is 7. The third kappa shape index (κ3) is 3.57. The van der Waals surface area contributed by atoms with E-state index >= 15 is 0 Å². The summed E-state index contributed by atoms with van der Waals surface area (Å²) in [6.07, 6.45) is 0. The minimum Gasteiger partial charge on any atom is -0.496 e. The molecular weight excluding hydrogens is 322 g/mol. The molecular formula is C19H21NO3S. The Morgan fingerprint density at radius 3 is 2.88 bits per heavy atom. The maximum atomic E-state index is 9.08.